The first-order chi connectivity index (χ1) is 11.7. The van der Waals surface area contributed by atoms with Gasteiger partial charge in [-0.2, -0.15) is 0 Å². The molecule has 3 fully saturated rings. The molecule has 0 spiro atoms. The van der Waals surface area contributed by atoms with E-state index in [2.05, 4.69) is 22.3 Å². The summed E-state index contributed by atoms with van der Waals surface area (Å²) >= 11 is 0. The zero-order valence-electron chi connectivity index (χ0n) is 14.6. The van der Waals surface area contributed by atoms with Gasteiger partial charge in [-0.25, -0.2) is 0 Å². The van der Waals surface area contributed by atoms with E-state index in [1.54, 1.807) is 7.11 Å². The number of benzene rings is 1. The molecule has 24 heavy (non-hydrogen) atoms. The van der Waals surface area contributed by atoms with Gasteiger partial charge < -0.3 is 15.0 Å². The first-order valence-electron chi connectivity index (χ1n) is 9.41. The van der Waals surface area contributed by atoms with Gasteiger partial charge in [0.05, 0.1) is 12.5 Å². The van der Waals surface area contributed by atoms with Crippen molar-refractivity contribution >= 4 is 5.91 Å². The number of hydrogen-bond donors (Lipinski definition) is 1. The van der Waals surface area contributed by atoms with Crippen LogP contribution in [0.5, 0.6) is 5.75 Å². The van der Waals surface area contributed by atoms with Crippen molar-refractivity contribution in [3.8, 4) is 5.75 Å². The van der Waals surface area contributed by atoms with Crippen LogP contribution >= 0.6 is 0 Å². The van der Waals surface area contributed by atoms with E-state index >= 15 is 0 Å². The minimum Gasteiger partial charge on any atom is -0.497 e. The average Bonchev–Trinajstić information content (AvgIpc) is 3.22. The van der Waals surface area contributed by atoms with Crippen LogP contribution < -0.4 is 10.1 Å². The molecular weight excluding hydrogens is 300 g/mol. The number of ether oxygens (including phenoxy) is 1. The molecule has 4 nitrogen and oxygen atoms in total. The van der Waals surface area contributed by atoms with Gasteiger partial charge in [0.25, 0.3) is 0 Å². The van der Waals surface area contributed by atoms with E-state index < -0.39 is 0 Å². The molecule has 2 unspecified atom stereocenters. The molecule has 1 aromatic carbocycles. The number of carbonyl (C=O) groups is 1. The molecule has 2 heterocycles. The predicted octanol–water partition coefficient (Wildman–Crippen LogP) is 2.86. The fourth-order valence-electron chi connectivity index (χ4n) is 4.96. The summed E-state index contributed by atoms with van der Waals surface area (Å²) in [6.07, 6.45) is 7.79. The Balaban J connectivity index is 1.63. The molecular formula is C20H28N2O2. The maximum Gasteiger partial charge on any atom is 0.233 e. The van der Waals surface area contributed by atoms with Crippen molar-refractivity contribution in [1.82, 2.24) is 10.2 Å². The summed E-state index contributed by atoms with van der Waals surface area (Å²) in [6.45, 7) is 1.78. The molecule has 4 heteroatoms. The molecule has 2 saturated heterocycles. The molecule has 2 aliphatic heterocycles. The van der Waals surface area contributed by atoms with Crippen LogP contribution in [0.2, 0.25) is 0 Å². The van der Waals surface area contributed by atoms with Crippen LogP contribution in [-0.2, 0) is 10.2 Å². The van der Waals surface area contributed by atoms with Crippen molar-refractivity contribution in [2.24, 2.45) is 0 Å². The zero-order valence-corrected chi connectivity index (χ0v) is 14.6. The second-order valence-electron chi connectivity index (χ2n) is 7.70. The van der Waals surface area contributed by atoms with Crippen molar-refractivity contribution in [2.45, 2.75) is 62.4 Å². The molecule has 0 radical (unpaired) electrons. The van der Waals surface area contributed by atoms with Gasteiger partial charge in [0.1, 0.15) is 5.75 Å². The van der Waals surface area contributed by atoms with Crippen LogP contribution in [0.25, 0.3) is 0 Å². The van der Waals surface area contributed by atoms with E-state index in [4.69, 9.17) is 4.74 Å². The third-order valence-corrected chi connectivity index (χ3v) is 6.30. The number of nitrogens with one attached hydrogen (secondary N) is 1. The van der Waals surface area contributed by atoms with Crippen molar-refractivity contribution < 1.29 is 9.53 Å². The lowest BCUT2D eigenvalue weighted by Crippen LogP contribution is -2.48. The highest BCUT2D eigenvalue weighted by Crippen LogP contribution is 2.44. The lowest BCUT2D eigenvalue weighted by molar-refractivity contribution is -0.137. The summed E-state index contributed by atoms with van der Waals surface area (Å²) < 4.78 is 5.41. The highest BCUT2D eigenvalue weighted by atomic mass is 16.5. The Morgan fingerprint density at radius 3 is 2.79 bits per heavy atom. The molecule has 1 N–H and O–H groups in total. The Labute approximate surface area is 144 Å². The van der Waals surface area contributed by atoms with Crippen LogP contribution in [0.15, 0.2) is 24.3 Å². The molecule has 3 aliphatic rings. The first kappa shape index (κ1) is 15.9. The maximum absolute atomic E-state index is 13.6. The van der Waals surface area contributed by atoms with Crippen LogP contribution in [0, 0.1) is 0 Å². The van der Waals surface area contributed by atoms with Gasteiger partial charge in [-0.3, -0.25) is 4.79 Å². The van der Waals surface area contributed by atoms with Gasteiger partial charge in [-0.1, -0.05) is 25.0 Å². The molecule has 1 aromatic rings. The summed E-state index contributed by atoms with van der Waals surface area (Å²) in [6, 6.07) is 9.28. The largest absolute Gasteiger partial charge is 0.497 e. The van der Waals surface area contributed by atoms with Gasteiger partial charge in [-0.15, -0.1) is 0 Å². The van der Waals surface area contributed by atoms with Gasteiger partial charge in [0.15, 0.2) is 0 Å². The van der Waals surface area contributed by atoms with E-state index in [0.717, 1.165) is 56.5 Å². The van der Waals surface area contributed by atoms with Gasteiger partial charge in [0.2, 0.25) is 5.91 Å². The second-order valence-corrected chi connectivity index (χ2v) is 7.70. The smallest absolute Gasteiger partial charge is 0.233 e. The van der Waals surface area contributed by atoms with E-state index in [-0.39, 0.29) is 5.41 Å². The molecule has 4 rings (SSSR count). The standard InChI is InChI=1S/C20H28N2O2/c1-24-18-6-4-5-15(13-18)20(10-2-3-11-20)19(23)22-12-9-16-7-8-17(14-22)21-16/h4-6,13,16-17,21H,2-3,7-12,14H2,1H3. The lowest BCUT2D eigenvalue weighted by atomic mass is 9.77. The Morgan fingerprint density at radius 1 is 1.21 bits per heavy atom. The number of hydrogen-bond acceptors (Lipinski definition) is 3. The normalized spacial score (nSPS) is 28.6. The molecule has 1 aliphatic carbocycles. The van der Waals surface area contributed by atoms with Crippen molar-refractivity contribution in [3.05, 3.63) is 29.8 Å². The van der Waals surface area contributed by atoms with E-state index in [0.29, 0.717) is 18.0 Å². The van der Waals surface area contributed by atoms with Crippen LogP contribution in [0.4, 0.5) is 0 Å². The topological polar surface area (TPSA) is 41.6 Å². The summed E-state index contributed by atoms with van der Waals surface area (Å²) in [5, 5.41) is 3.68. The third-order valence-electron chi connectivity index (χ3n) is 6.30. The highest BCUT2D eigenvalue weighted by Gasteiger charge is 2.46. The SMILES string of the molecule is COc1cccc(C2(C(=O)N3CCC4CCC(C3)N4)CCCC2)c1. The average molecular weight is 328 g/mol. The predicted molar refractivity (Wildman–Crippen MR) is 94.3 cm³/mol. The number of nitrogens with zero attached hydrogens (tertiary/aromatic N) is 1. The van der Waals surface area contributed by atoms with Crippen LogP contribution in [0.3, 0.4) is 0 Å². The fraction of sp³-hybridized carbons (Fsp3) is 0.650. The summed E-state index contributed by atoms with van der Waals surface area (Å²) in [5.41, 5.74) is 0.810. The second kappa shape index (κ2) is 6.40. The fourth-order valence-corrected chi connectivity index (χ4v) is 4.96. The number of methoxy groups -OCH3 is 1. The number of fused-ring (bicyclic) bond motifs is 2. The summed E-state index contributed by atoms with van der Waals surface area (Å²) in [7, 11) is 1.69. The maximum atomic E-state index is 13.6. The minimum atomic E-state index is -0.335. The first-order valence-corrected chi connectivity index (χ1v) is 9.41. The van der Waals surface area contributed by atoms with E-state index in [1.165, 1.54) is 12.8 Å². The van der Waals surface area contributed by atoms with Crippen LogP contribution in [-0.4, -0.2) is 43.1 Å². The lowest BCUT2D eigenvalue weighted by Gasteiger charge is -2.36. The number of likely N-dealkylation sites (tertiary alicyclic amines) is 1. The quantitative estimate of drug-likeness (QED) is 0.928. The Kier molecular flexibility index (Phi) is 4.25. The van der Waals surface area contributed by atoms with Crippen LogP contribution in [0.1, 0.15) is 50.5 Å². The van der Waals surface area contributed by atoms with Crippen molar-refractivity contribution in [2.75, 3.05) is 20.2 Å². The Bertz CT molecular complexity index is 609. The molecule has 2 bridgehead atoms. The molecule has 2 atom stereocenters. The third kappa shape index (κ3) is 2.71. The van der Waals surface area contributed by atoms with E-state index in [9.17, 15) is 4.79 Å². The monoisotopic (exact) mass is 328 g/mol. The molecule has 130 valence electrons. The molecule has 1 amide bonds. The number of carbonyl (C=O) groups excluding carboxylic acids is 1. The molecule has 0 aromatic heterocycles. The Morgan fingerprint density at radius 2 is 2.00 bits per heavy atom. The van der Waals surface area contributed by atoms with Crippen molar-refractivity contribution in [1.29, 1.82) is 0 Å². The van der Waals surface area contributed by atoms with E-state index in [1.807, 2.05) is 12.1 Å². The summed E-state index contributed by atoms with van der Waals surface area (Å²) in [5.74, 6) is 1.20. The van der Waals surface area contributed by atoms with Gasteiger partial charge in [0, 0.05) is 25.2 Å². The minimum absolute atomic E-state index is 0.335. The number of amides is 1. The highest BCUT2D eigenvalue weighted by molar-refractivity contribution is 5.89. The summed E-state index contributed by atoms with van der Waals surface area (Å²) in [4.78, 5) is 15.8. The van der Waals surface area contributed by atoms with Gasteiger partial charge >= 0.3 is 0 Å². The molecule has 1 saturated carbocycles. The number of rotatable bonds is 3. The van der Waals surface area contributed by atoms with Gasteiger partial charge in [-0.05, 0) is 49.8 Å². The Hall–Kier alpha value is -1.55. The zero-order chi connectivity index (χ0) is 16.6. The van der Waals surface area contributed by atoms with Crippen molar-refractivity contribution in [3.63, 3.8) is 0 Å².